The number of hydrogen-bond donors (Lipinski definition) is 2. The number of amides is 2. The van der Waals surface area contributed by atoms with Crippen LogP contribution in [0.5, 0.6) is 0 Å². The molecule has 2 amide bonds. The summed E-state index contributed by atoms with van der Waals surface area (Å²) < 4.78 is 1.58. The summed E-state index contributed by atoms with van der Waals surface area (Å²) in [4.78, 5) is 27.9. The Morgan fingerprint density at radius 3 is 2.74 bits per heavy atom. The van der Waals surface area contributed by atoms with Crippen molar-refractivity contribution in [2.75, 3.05) is 13.6 Å². The molecule has 0 aliphatic rings. The Labute approximate surface area is 111 Å². The minimum Gasteiger partial charge on any atom is -0.480 e. The van der Waals surface area contributed by atoms with E-state index in [-0.39, 0.29) is 0 Å². The van der Waals surface area contributed by atoms with Gasteiger partial charge in [-0.3, -0.25) is 4.68 Å². The molecule has 1 atom stereocenters. The molecule has 106 valence electrons. The van der Waals surface area contributed by atoms with E-state index < -0.39 is 18.0 Å². The lowest BCUT2D eigenvalue weighted by Gasteiger charge is -2.23. The number of carbonyl (C=O) groups excluding carboxylic acids is 1. The number of aliphatic carboxylic acids is 1. The van der Waals surface area contributed by atoms with Crippen molar-refractivity contribution in [3.63, 3.8) is 0 Å². The standard InChI is InChI=1S/C11H19N5O3/c1-4-8(10(17)18)16(3)11(19)12-6-5-9-13-7-15(2)14-9/h7-8H,4-6H2,1-3H3,(H,12,19)(H,17,18). The summed E-state index contributed by atoms with van der Waals surface area (Å²) in [5, 5.41) is 15.7. The van der Waals surface area contributed by atoms with Gasteiger partial charge in [-0.1, -0.05) is 6.92 Å². The first kappa shape index (κ1) is 14.9. The maximum absolute atomic E-state index is 11.7. The van der Waals surface area contributed by atoms with Crippen LogP contribution in [0.15, 0.2) is 6.33 Å². The number of aromatic nitrogens is 3. The molecule has 0 spiro atoms. The highest BCUT2D eigenvalue weighted by atomic mass is 16.4. The first-order valence-corrected chi connectivity index (χ1v) is 6.03. The summed E-state index contributed by atoms with van der Waals surface area (Å²) in [5.74, 6) is -0.373. The van der Waals surface area contributed by atoms with Crippen molar-refractivity contribution in [3.05, 3.63) is 12.2 Å². The summed E-state index contributed by atoms with van der Waals surface area (Å²) >= 11 is 0. The Balaban J connectivity index is 2.40. The molecule has 0 radical (unpaired) electrons. The van der Waals surface area contributed by atoms with Gasteiger partial charge in [0.15, 0.2) is 5.82 Å². The number of urea groups is 1. The lowest BCUT2D eigenvalue weighted by molar-refractivity contribution is -0.141. The number of rotatable bonds is 6. The number of aryl methyl sites for hydroxylation is 1. The average Bonchev–Trinajstić information content (AvgIpc) is 2.75. The van der Waals surface area contributed by atoms with Gasteiger partial charge in [0, 0.05) is 27.1 Å². The number of nitrogens with one attached hydrogen (secondary N) is 1. The van der Waals surface area contributed by atoms with Crippen LogP contribution < -0.4 is 5.32 Å². The number of nitrogens with zero attached hydrogens (tertiary/aromatic N) is 4. The Morgan fingerprint density at radius 1 is 1.58 bits per heavy atom. The van der Waals surface area contributed by atoms with Crippen LogP contribution in [0.1, 0.15) is 19.2 Å². The van der Waals surface area contributed by atoms with E-state index >= 15 is 0 Å². The fraction of sp³-hybridized carbons (Fsp3) is 0.636. The molecule has 0 fully saturated rings. The fourth-order valence-electron chi connectivity index (χ4n) is 1.66. The zero-order chi connectivity index (χ0) is 14.4. The molecule has 2 N–H and O–H groups in total. The summed E-state index contributed by atoms with van der Waals surface area (Å²) in [5.41, 5.74) is 0. The minimum atomic E-state index is -1.01. The number of carboxylic acids is 1. The van der Waals surface area contributed by atoms with Crippen LogP contribution >= 0.6 is 0 Å². The molecule has 0 bridgehead atoms. The van der Waals surface area contributed by atoms with Gasteiger partial charge in [0.1, 0.15) is 12.4 Å². The van der Waals surface area contributed by atoms with E-state index in [1.165, 1.54) is 11.9 Å². The normalized spacial score (nSPS) is 11.9. The van der Waals surface area contributed by atoms with E-state index in [1.807, 2.05) is 0 Å². The van der Waals surface area contributed by atoms with Crippen LogP contribution in [0.25, 0.3) is 0 Å². The van der Waals surface area contributed by atoms with Crippen molar-refractivity contribution in [2.45, 2.75) is 25.8 Å². The van der Waals surface area contributed by atoms with Gasteiger partial charge in [-0.15, -0.1) is 0 Å². The molecule has 0 saturated carbocycles. The Kier molecular flexibility index (Phi) is 5.28. The largest absolute Gasteiger partial charge is 0.480 e. The van der Waals surface area contributed by atoms with Crippen LogP contribution in [-0.4, -0.2) is 56.4 Å². The first-order chi connectivity index (χ1) is 8.95. The highest BCUT2D eigenvalue weighted by molar-refractivity contribution is 5.82. The minimum absolute atomic E-state index is 0.362. The molecule has 1 heterocycles. The van der Waals surface area contributed by atoms with Gasteiger partial charge < -0.3 is 15.3 Å². The topological polar surface area (TPSA) is 100 Å². The molecule has 1 aromatic rings. The zero-order valence-electron chi connectivity index (χ0n) is 11.3. The molecule has 0 aromatic carbocycles. The smallest absolute Gasteiger partial charge is 0.326 e. The summed E-state index contributed by atoms with van der Waals surface area (Å²) in [6.45, 7) is 2.09. The summed E-state index contributed by atoms with van der Waals surface area (Å²) in [7, 11) is 3.23. The van der Waals surface area contributed by atoms with Crippen molar-refractivity contribution in [2.24, 2.45) is 7.05 Å². The van der Waals surface area contributed by atoms with Crippen LogP contribution in [-0.2, 0) is 18.3 Å². The predicted octanol–water partition coefficient (Wildman–Crippen LogP) is -0.138. The Hall–Kier alpha value is -2.12. The van der Waals surface area contributed by atoms with Crippen molar-refractivity contribution in [1.82, 2.24) is 25.0 Å². The van der Waals surface area contributed by atoms with Crippen molar-refractivity contribution >= 4 is 12.0 Å². The molecule has 1 rings (SSSR count). The van der Waals surface area contributed by atoms with Crippen LogP contribution in [0.3, 0.4) is 0 Å². The molecule has 1 aromatic heterocycles. The number of likely N-dealkylation sites (N-methyl/N-ethyl adjacent to an activating group) is 1. The molecule has 8 nitrogen and oxygen atoms in total. The second-order valence-electron chi connectivity index (χ2n) is 4.19. The molecule has 1 unspecified atom stereocenters. The summed E-state index contributed by atoms with van der Waals surface area (Å²) in [6.07, 6.45) is 2.45. The lowest BCUT2D eigenvalue weighted by atomic mass is 10.2. The molecular formula is C11H19N5O3. The third kappa shape index (κ3) is 4.23. The second kappa shape index (κ2) is 6.72. The molecule has 0 aliphatic heterocycles. The predicted molar refractivity (Wildman–Crippen MR) is 67.6 cm³/mol. The van der Waals surface area contributed by atoms with Crippen LogP contribution in [0, 0.1) is 0 Å². The molecular weight excluding hydrogens is 250 g/mol. The summed E-state index contributed by atoms with van der Waals surface area (Å²) in [6, 6.07) is -1.22. The zero-order valence-corrected chi connectivity index (χ0v) is 11.3. The molecule has 19 heavy (non-hydrogen) atoms. The Morgan fingerprint density at radius 2 is 2.26 bits per heavy atom. The monoisotopic (exact) mass is 269 g/mol. The lowest BCUT2D eigenvalue weighted by Crippen LogP contribution is -2.47. The van der Waals surface area contributed by atoms with Crippen LogP contribution in [0.2, 0.25) is 0 Å². The molecule has 8 heteroatoms. The van der Waals surface area contributed by atoms with Gasteiger partial charge in [-0.05, 0) is 6.42 Å². The average molecular weight is 269 g/mol. The van der Waals surface area contributed by atoms with Gasteiger partial charge in [0.25, 0.3) is 0 Å². The van der Waals surface area contributed by atoms with E-state index in [4.69, 9.17) is 5.11 Å². The third-order valence-electron chi connectivity index (χ3n) is 2.73. The molecule has 0 saturated heterocycles. The van der Waals surface area contributed by atoms with Gasteiger partial charge in [-0.2, -0.15) is 5.10 Å². The van der Waals surface area contributed by atoms with Crippen LogP contribution in [0.4, 0.5) is 4.79 Å². The number of hydrogen-bond acceptors (Lipinski definition) is 4. The van der Waals surface area contributed by atoms with E-state index in [2.05, 4.69) is 15.4 Å². The van der Waals surface area contributed by atoms with Gasteiger partial charge in [0.05, 0.1) is 0 Å². The van der Waals surface area contributed by atoms with Gasteiger partial charge in [-0.25, -0.2) is 14.6 Å². The Bertz CT molecular complexity index is 445. The van der Waals surface area contributed by atoms with Crippen molar-refractivity contribution in [3.8, 4) is 0 Å². The second-order valence-corrected chi connectivity index (χ2v) is 4.19. The highest BCUT2D eigenvalue weighted by Gasteiger charge is 2.24. The SMILES string of the molecule is CCC(C(=O)O)N(C)C(=O)NCCc1ncn(C)n1. The quantitative estimate of drug-likeness (QED) is 0.748. The first-order valence-electron chi connectivity index (χ1n) is 6.03. The van der Waals surface area contributed by atoms with Gasteiger partial charge in [0.2, 0.25) is 0 Å². The molecule has 0 aliphatic carbocycles. The van der Waals surface area contributed by atoms with E-state index in [9.17, 15) is 9.59 Å². The maximum atomic E-state index is 11.7. The van der Waals surface area contributed by atoms with E-state index in [0.717, 1.165) is 0 Å². The van der Waals surface area contributed by atoms with E-state index in [1.54, 1.807) is 25.0 Å². The van der Waals surface area contributed by atoms with E-state index in [0.29, 0.717) is 25.2 Å². The number of carbonyl (C=O) groups is 2. The highest BCUT2D eigenvalue weighted by Crippen LogP contribution is 2.02. The van der Waals surface area contributed by atoms with Crippen molar-refractivity contribution in [1.29, 1.82) is 0 Å². The third-order valence-corrected chi connectivity index (χ3v) is 2.73. The fourth-order valence-corrected chi connectivity index (χ4v) is 1.66. The maximum Gasteiger partial charge on any atom is 0.326 e. The number of carboxylic acid groups (broad SMARTS) is 1. The van der Waals surface area contributed by atoms with Gasteiger partial charge >= 0.3 is 12.0 Å². The van der Waals surface area contributed by atoms with Crippen molar-refractivity contribution < 1.29 is 14.7 Å².